The van der Waals surface area contributed by atoms with Gasteiger partial charge in [-0.3, -0.25) is 0 Å². The Morgan fingerprint density at radius 3 is 0.800 bits per heavy atom. The van der Waals surface area contributed by atoms with E-state index in [4.69, 9.17) is 17.2 Å². The third-order valence-electron chi connectivity index (χ3n) is 3.45. The molecule has 0 aliphatic heterocycles. The summed E-state index contributed by atoms with van der Waals surface area (Å²) in [5.41, 5.74) is 15.0. The van der Waals surface area contributed by atoms with Crippen molar-refractivity contribution in [2.45, 2.75) is 37.4 Å². The van der Waals surface area contributed by atoms with Crippen LogP contribution in [0.2, 0.25) is 0 Å². The van der Waals surface area contributed by atoms with Crippen molar-refractivity contribution in [1.29, 1.82) is 0 Å². The molecule has 0 rings (SSSR count). The van der Waals surface area contributed by atoms with Crippen molar-refractivity contribution in [2.24, 2.45) is 17.2 Å². The summed E-state index contributed by atoms with van der Waals surface area (Å²) < 4.78 is 31.6. The zero-order valence-electron chi connectivity index (χ0n) is 19.6. The first kappa shape index (κ1) is 44.9. The quantitative estimate of drug-likeness (QED) is 0.140. The molecule has 0 saturated carbocycles. The van der Waals surface area contributed by atoms with E-state index in [0.717, 1.165) is 20.0 Å². The maximum Gasteiger partial charge on any atom is 3.00 e. The molecule has 0 amide bonds. The van der Waals surface area contributed by atoms with Gasteiger partial charge in [-0.05, 0) is 57.7 Å². The second-order valence-electron chi connectivity index (χ2n) is 7.36. The van der Waals surface area contributed by atoms with Gasteiger partial charge < -0.3 is 75.3 Å². The molecule has 0 fully saturated rings. The minimum absolute atomic E-state index is 0. The zero-order valence-corrected chi connectivity index (χ0v) is 24.6. The van der Waals surface area contributed by atoms with Crippen molar-refractivity contribution in [3.63, 3.8) is 0 Å². The predicted molar refractivity (Wildman–Crippen MR) is 119 cm³/mol. The Hall–Kier alpha value is -0.0751. The Balaban J connectivity index is -0.000000125. The fraction of sp³-hybridized carbons (Fsp3) is 0.800. The van der Waals surface area contributed by atoms with Gasteiger partial charge in [0.15, 0.2) is 0 Å². The maximum atomic E-state index is 10.5. The first-order chi connectivity index (χ1) is 14.5. The van der Waals surface area contributed by atoms with E-state index in [-0.39, 0.29) is 72.5 Å². The molecule has 6 unspecified atom stereocenters. The number of hydrogen-bond acceptors (Lipinski definition) is 15. The van der Waals surface area contributed by atoms with Crippen molar-refractivity contribution in [3.8, 4) is 0 Å². The topological polar surface area (TPSA) is 319 Å². The van der Waals surface area contributed by atoms with E-state index >= 15 is 0 Å². The van der Waals surface area contributed by atoms with Crippen LogP contribution in [-0.4, -0.2) is 109 Å². The summed E-state index contributed by atoms with van der Waals surface area (Å²) in [6.45, 7) is 3.15. The average molecular weight is 591 g/mol. The minimum Gasteiger partial charge on any atom is -0.799 e. The first-order valence-corrected chi connectivity index (χ1v) is 16.0. The molecule has 198 valence electrons. The van der Waals surface area contributed by atoms with Crippen LogP contribution in [0.5, 0.6) is 0 Å². The van der Waals surface area contributed by atoms with Gasteiger partial charge in [-0.2, -0.15) is 0 Å². The second kappa shape index (κ2) is 20.9. The summed E-state index contributed by atoms with van der Waals surface area (Å²) in [6, 6.07) is -3.55. The van der Waals surface area contributed by atoms with Gasteiger partial charge >= 0.3 is 34.7 Å². The number of hydrogen-bond donors (Lipinski definition) is 3. The zero-order chi connectivity index (χ0) is 27.2. The normalized spacial score (nSPS) is 17.7. The number of carboxylic acids is 3. The van der Waals surface area contributed by atoms with Gasteiger partial charge in [-0.1, -0.05) is 0 Å². The predicted octanol–water partition coefficient (Wildman–Crippen LogP) is -7.60. The molecule has 6 atom stereocenters. The summed E-state index contributed by atoms with van der Waals surface area (Å²) in [7, 11) is -10.1. The Morgan fingerprint density at radius 2 is 0.714 bits per heavy atom. The number of carboxylic acid groups (broad SMARTS) is 3. The summed E-state index contributed by atoms with van der Waals surface area (Å²) in [6.07, 6.45) is -0.828. The molecule has 6 N–H and O–H groups in total. The first-order valence-electron chi connectivity index (χ1n) is 9.20. The van der Waals surface area contributed by atoms with Crippen LogP contribution in [0.15, 0.2) is 0 Å². The van der Waals surface area contributed by atoms with Gasteiger partial charge in [0.2, 0.25) is 0 Å². The van der Waals surface area contributed by atoms with E-state index in [0.29, 0.717) is 0 Å². The van der Waals surface area contributed by atoms with Gasteiger partial charge in [-0.25, -0.2) is 0 Å². The molecule has 0 spiro atoms. The SMILES string of the molecule is CP(=O)([O-])CCC(N)C(=O)[O-].CP(=O)([O-])CCC(N)C(=O)[O-].CP(=O)([O-])CCC(N)C(=O)[O-].[Al+3].[Al+3]. The van der Waals surface area contributed by atoms with Crippen molar-refractivity contribution >= 4 is 74.7 Å². The van der Waals surface area contributed by atoms with Crippen molar-refractivity contribution in [2.75, 3.05) is 38.5 Å². The van der Waals surface area contributed by atoms with Gasteiger partial charge in [0, 0.05) is 40.2 Å². The average Bonchev–Trinajstić information content (AvgIpc) is 2.60. The Kier molecular flexibility index (Phi) is 26.8. The number of carbonyl (C=O) groups excluding carboxylic acids is 3. The van der Waals surface area contributed by atoms with Crippen LogP contribution in [0.3, 0.4) is 0 Å². The number of carbonyl (C=O) groups is 3. The summed E-state index contributed by atoms with van der Waals surface area (Å²) >= 11 is 0. The van der Waals surface area contributed by atoms with Gasteiger partial charge in [0.1, 0.15) is 0 Å². The van der Waals surface area contributed by atoms with Crippen LogP contribution in [0.25, 0.3) is 0 Å². The van der Waals surface area contributed by atoms with Crippen molar-refractivity contribution in [3.05, 3.63) is 0 Å². The summed E-state index contributed by atoms with van der Waals surface area (Å²) in [5.74, 6) is -4.25. The molecule has 0 aliphatic carbocycles. The molecule has 0 aromatic carbocycles. The molecule has 15 nitrogen and oxygen atoms in total. The van der Waals surface area contributed by atoms with E-state index in [2.05, 4.69) is 0 Å². The van der Waals surface area contributed by atoms with Gasteiger partial charge in [-0.15, -0.1) is 0 Å². The number of nitrogens with two attached hydrogens (primary N) is 3. The van der Waals surface area contributed by atoms with E-state index < -0.39 is 58.1 Å². The molecule has 0 heterocycles. The molecule has 0 saturated heterocycles. The standard InChI is InChI=1S/3C5H12NO4P.2Al/c3*1-11(9,10)3-2-4(6)5(7)8;;/h3*4H,2-3,6H2,1H3,(H,7,8)(H,9,10);;/q;;;2*+3/p-6. The molecule has 20 heteroatoms. The monoisotopic (exact) mass is 591 g/mol. The molecule has 35 heavy (non-hydrogen) atoms. The molecule has 0 bridgehead atoms. The van der Waals surface area contributed by atoms with Gasteiger partial charge in [0.25, 0.3) is 0 Å². The third kappa shape index (κ3) is 38.6. The van der Waals surface area contributed by atoms with Crippen molar-refractivity contribution < 1.29 is 58.1 Å². The Bertz CT molecular complexity index is 672. The third-order valence-corrected chi connectivity index (χ3v) is 6.66. The van der Waals surface area contributed by atoms with E-state index in [1.807, 2.05) is 0 Å². The molecule has 0 aliphatic rings. The molecule has 0 aromatic rings. The molecule has 0 radical (unpaired) electrons. The van der Waals surface area contributed by atoms with E-state index in [9.17, 15) is 58.1 Å². The smallest absolute Gasteiger partial charge is 0.799 e. The molecular formula is C15H30Al2N3O12P3. The minimum atomic E-state index is -3.38. The Morgan fingerprint density at radius 1 is 0.571 bits per heavy atom. The van der Waals surface area contributed by atoms with Crippen LogP contribution < -0.4 is 47.2 Å². The fourth-order valence-electron chi connectivity index (χ4n) is 1.47. The Labute approximate surface area is 225 Å². The molecular weight excluding hydrogens is 561 g/mol. The largest absolute Gasteiger partial charge is 3.00 e. The van der Waals surface area contributed by atoms with Crippen LogP contribution in [0.4, 0.5) is 0 Å². The second-order valence-corrected chi connectivity index (χ2v) is 14.8. The number of rotatable bonds is 12. The van der Waals surface area contributed by atoms with Crippen LogP contribution in [-0.2, 0) is 28.1 Å². The van der Waals surface area contributed by atoms with Crippen LogP contribution in [0.1, 0.15) is 19.3 Å². The van der Waals surface area contributed by atoms with Crippen LogP contribution in [0, 0.1) is 0 Å². The van der Waals surface area contributed by atoms with Gasteiger partial charge in [0.05, 0.1) is 17.9 Å². The molecule has 0 aromatic heterocycles. The van der Waals surface area contributed by atoms with E-state index in [1.165, 1.54) is 0 Å². The summed E-state index contributed by atoms with van der Waals surface area (Å²) in [4.78, 5) is 61.5. The van der Waals surface area contributed by atoms with Crippen molar-refractivity contribution in [1.82, 2.24) is 0 Å². The number of aliphatic carboxylic acids is 3. The summed E-state index contributed by atoms with van der Waals surface area (Å²) in [5, 5.41) is 30.0. The van der Waals surface area contributed by atoms with Crippen LogP contribution >= 0.6 is 22.1 Å². The maximum absolute atomic E-state index is 10.5. The fourth-order valence-corrected chi connectivity index (χ4v) is 3.72. The van der Waals surface area contributed by atoms with E-state index in [1.54, 1.807) is 0 Å².